The number of nitrogens with zero attached hydrogens (tertiary/aromatic N) is 1. The number of hydrogen-bond donors (Lipinski definition) is 1. The lowest BCUT2D eigenvalue weighted by Crippen LogP contribution is -2.00. The van der Waals surface area contributed by atoms with Crippen molar-refractivity contribution in [2.75, 3.05) is 0 Å². The van der Waals surface area contributed by atoms with Gasteiger partial charge in [-0.1, -0.05) is 47.5 Å². The lowest BCUT2D eigenvalue weighted by atomic mass is 10.0. The maximum atomic E-state index is 11.4. The average Bonchev–Trinajstić information content (AvgIpc) is 2.47. The monoisotopic (exact) mass is 317 g/mol. The first-order valence-corrected chi connectivity index (χ1v) is 6.72. The maximum Gasteiger partial charge on any atom is 0.336 e. The van der Waals surface area contributed by atoms with Gasteiger partial charge in [0.15, 0.2) is 0 Å². The number of nitro benzene ring substituents is 1. The van der Waals surface area contributed by atoms with Crippen LogP contribution in [0.3, 0.4) is 0 Å². The highest BCUT2D eigenvalue weighted by Gasteiger charge is 2.14. The van der Waals surface area contributed by atoms with E-state index >= 15 is 0 Å². The minimum absolute atomic E-state index is 0.00867. The van der Waals surface area contributed by atoms with Crippen molar-refractivity contribution >= 4 is 34.9 Å². The molecule has 0 saturated heterocycles. The molecule has 2 aromatic carbocycles. The summed E-state index contributed by atoms with van der Waals surface area (Å²) in [4.78, 5) is 21.7. The Labute approximate surface area is 131 Å². The Morgan fingerprint density at radius 2 is 1.86 bits per heavy atom. The van der Waals surface area contributed by atoms with Crippen molar-refractivity contribution < 1.29 is 14.8 Å². The Kier molecular flexibility index (Phi) is 4.58. The van der Waals surface area contributed by atoms with Crippen LogP contribution in [-0.4, -0.2) is 16.0 Å². The Balaban J connectivity index is 2.51. The number of nitro groups is 1. The van der Waals surface area contributed by atoms with Crippen LogP contribution >= 0.6 is 11.6 Å². The Bertz CT molecular complexity index is 766. The molecule has 0 radical (unpaired) electrons. The van der Waals surface area contributed by atoms with E-state index in [-0.39, 0.29) is 16.3 Å². The highest BCUT2D eigenvalue weighted by molar-refractivity contribution is 6.32. The second-order valence-electron chi connectivity index (χ2n) is 4.70. The third-order valence-electron chi connectivity index (χ3n) is 3.07. The lowest BCUT2D eigenvalue weighted by molar-refractivity contribution is -0.384. The summed E-state index contributed by atoms with van der Waals surface area (Å²) in [6.45, 7) is 1.90. The summed E-state index contributed by atoms with van der Waals surface area (Å²) in [6.07, 6.45) is 1.39. The van der Waals surface area contributed by atoms with Crippen molar-refractivity contribution in [2.45, 2.75) is 6.92 Å². The Morgan fingerprint density at radius 1 is 1.23 bits per heavy atom. The molecule has 6 heteroatoms. The molecule has 0 saturated carbocycles. The van der Waals surface area contributed by atoms with Crippen molar-refractivity contribution in [2.24, 2.45) is 0 Å². The van der Waals surface area contributed by atoms with E-state index in [0.717, 1.165) is 5.56 Å². The maximum absolute atomic E-state index is 11.4. The summed E-state index contributed by atoms with van der Waals surface area (Å²) in [5.41, 5.74) is 1.72. The molecule has 2 aromatic rings. The zero-order valence-electron chi connectivity index (χ0n) is 11.6. The fourth-order valence-corrected chi connectivity index (χ4v) is 2.11. The van der Waals surface area contributed by atoms with Gasteiger partial charge in [0.2, 0.25) is 0 Å². The van der Waals surface area contributed by atoms with E-state index < -0.39 is 10.9 Å². The van der Waals surface area contributed by atoms with Crippen LogP contribution in [0, 0.1) is 17.0 Å². The SMILES string of the molecule is Cc1ccc(/C(=C/c2ccc(Cl)c([N+](=O)[O-])c2)C(=O)O)cc1. The number of aryl methyl sites for hydroxylation is 1. The van der Waals surface area contributed by atoms with Crippen LogP contribution < -0.4 is 0 Å². The molecule has 22 heavy (non-hydrogen) atoms. The third-order valence-corrected chi connectivity index (χ3v) is 3.39. The van der Waals surface area contributed by atoms with Gasteiger partial charge in [-0.25, -0.2) is 4.79 Å². The Hall–Kier alpha value is -2.66. The van der Waals surface area contributed by atoms with Crippen molar-refractivity contribution in [1.82, 2.24) is 0 Å². The molecule has 0 amide bonds. The fourth-order valence-electron chi connectivity index (χ4n) is 1.93. The lowest BCUT2D eigenvalue weighted by Gasteiger charge is -2.04. The molecule has 0 aliphatic rings. The van der Waals surface area contributed by atoms with Gasteiger partial charge in [-0.2, -0.15) is 0 Å². The summed E-state index contributed by atoms with van der Waals surface area (Å²) in [5.74, 6) is -1.11. The fraction of sp³-hybridized carbons (Fsp3) is 0.0625. The molecule has 0 bridgehead atoms. The number of rotatable bonds is 4. The zero-order valence-corrected chi connectivity index (χ0v) is 12.4. The largest absolute Gasteiger partial charge is 0.478 e. The molecule has 0 heterocycles. The molecular formula is C16H12ClNO4. The van der Waals surface area contributed by atoms with Crippen LogP contribution in [0.25, 0.3) is 11.6 Å². The molecule has 0 atom stereocenters. The molecule has 5 nitrogen and oxygen atoms in total. The number of carbonyl (C=O) groups is 1. The third kappa shape index (κ3) is 3.51. The Morgan fingerprint density at radius 3 is 2.41 bits per heavy atom. The van der Waals surface area contributed by atoms with Gasteiger partial charge in [0.05, 0.1) is 10.5 Å². The van der Waals surface area contributed by atoms with Crippen LogP contribution in [0.1, 0.15) is 16.7 Å². The minimum atomic E-state index is -1.11. The van der Waals surface area contributed by atoms with Crippen molar-refractivity contribution in [3.05, 3.63) is 74.3 Å². The topological polar surface area (TPSA) is 80.4 Å². The highest BCUT2D eigenvalue weighted by atomic mass is 35.5. The second-order valence-corrected chi connectivity index (χ2v) is 5.10. The van der Waals surface area contributed by atoms with Crippen LogP contribution in [0.4, 0.5) is 5.69 Å². The molecule has 0 fully saturated rings. The standard InChI is InChI=1S/C16H12ClNO4/c1-10-2-5-12(6-3-10)13(16(19)20)8-11-4-7-14(17)15(9-11)18(21)22/h2-9H,1H3,(H,19,20)/b13-8-. The predicted molar refractivity (Wildman–Crippen MR) is 84.8 cm³/mol. The van der Waals surface area contributed by atoms with Crippen LogP contribution in [0.15, 0.2) is 42.5 Å². The average molecular weight is 318 g/mol. The second kappa shape index (κ2) is 6.41. The molecule has 0 aromatic heterocycles. The van der Waals surface area contributed by atoms with Gasteiger partial charge in [-0.15, -0.1) is 0 Å². The normalized spacial score (nSPS) is 11.3. The van der Waals surface area contributed by atoms with Gasteiger partial charge in [0.1, 0.15) is 5.02 Å². The van der Waals surface area contributed by atoms with E-state index in [2.05, 4.69) is 0 Å². The first-order chi connectivity index (χ1) is 10.4. The first kappa shape index (κ1) is 15.7. The van der Waals surface area contributed by atoms with Gasteiger partial charge >= 0.3 is 5.97 Å². The number of halogens is 1. The molecule has 1 N–H and O–H groups in total. The molecule has 112 valence electrons. The van der Waals surface area contributed by atoms with E-state index in [1.54, 1.807) is 24.3 Å². The van der Waals surface area contributed by atoms with Crippen molar-refractivity contribution in [3.8, 4) is 0 Å². The van der Waals surface area contributed by atoms with E-state index in [9.17, 15) is 20.0 Å². The number of carboxylic acids is 1. The predicted octanol–water partition coefficient (Wildman–Crippen LogP) is 4.18. The van der Waals surface area contributed by atoms with Gasteiger partial charge < -0.3 is 5.11 Å². The van der Waals surface area contributed by atoms with Gasteiger partial charge in [0.25, 0.3) is 5.69 Å². The van der Waals surface area contributed by atoms with Crippen LogP contribution in [0.5, 0.6) is 0 Å². The van der Waals surface area contributed by atoms with E-state index in [4.69, 9.17) is 11.6 Å². The van der Waals surface area contributed by atoms with Crippen LogP contribution in [-0.2, 0) is 4.79 Å². The molecule has 0 aliphatic heterocycles. The number of hydrogen-bond acceptors (Lipinski definition) is 3. The summed E-state index contributed by atoms with van der Waals surface area (Å²) >= 11 is 5.75. The van der Waals surface area contributed by atoms with E-state index in [1.807, 2.05) is 6.92 Å². The molecule has 0 unspecified atom stereocenters. The van der Waals surface area contributed by atoms with Gasteiger partial charge in [0, 0.05) is 6.07 Å². The van der Waals surface area contributed by atoms with E-state index in [1.165, 1.54) is 24.3 Å². The van der Waals surface area contributed by atoms with Gasteiger partial charge in [-0.3, -0.25) is 10.1 Å². The summed E-state index contributed by atoms with van der Waals surface area (Å²) in [5, 5.41) is 20.3. The first-order valence-electron chi connectivity index (χ1n) is 6.34. The van der Waals surface area contributed by atoms with Crippen LogP contribution in [0.2, 0.25) is 5.02 Å². The summed E-state index contributed by atoms with van der Waals surface area (Å²) in [7, 11) is 0. The van der Waals surface area contributed by atoms with Crippen molar-refractivity contribution in [1.29, 1.82) is 0 Å². The van der Waals surface area contributed by atoms with Gasteiger partial charge in [-0.05, 0) is 30.2 Å². The molecular weight excluding hydrogens is 306 g/mol. The molecule has 2 rings (SSSR count). The number of carboxylic acid groups (broad SMARTS) is 1. The minimum Gasteiger partial charge on any atom is -0.478 e. The van der Waals surface area contributed by atoms with E-state index in [0.29, 0.717) is 11.1 Å². The number of aliphatic carboxylic acids is 1. The zero-order chi connectivity index (χ0) is 16.3. The number of benzene rings is 2. The smallest absolute Gasteiger partial charge is 0.336 e. The highest BCUT2D eigenvalue weighted by Crippen LogP contribution is 2.27. The summed E-state index contributed by atoms with van der Waals surface area (Å²) < 4.78 is 0. The molecule has 0 aliphatic carbocycles. The molecule has 0 spiro atoms. The summed E-state index contributed by atoms with van der Waals surface area (Å²) in [6, 6.07) is 11.2. The quantitative estimate of drug-likeness (QED) is 0.397. The van der Waals surface area contributed by atoms with Crippen molar-refractivity contribution in [3.63, 3.8) is 0 Å².